The molecular formula is C27H20N2O6. The first-order valence-corrected chi connectivity index (χ1v) is 11.4. The highest BCUT2D eigenvalue weighted by molar-refractivity contribution is 6.23. The molecule has 0 N–H and O–H groups in total. The van der Waals surface area contributed by atoms with Gasteiger partial charge in [-0.25, -0.2) is 9.69 Å². The van der Waals surface area contributed by atoms with Gasteiger partial charge >= 0.3 is 5.97 Å². The minimum Gasteiger partial charge on any atom is -0.462 e. The fourth-order valence-corrected chi connectivity index (χ4v) is 6.28. The molecule has 7 rings (SSSR count). The summed E-state index contributed by atoms with van der Waals surface area (Å²) in [5.41, 5.74) is 0.827. The second-order valence-electron chi connectivity index (χ2n) is 8.96. The summed E-state index contributed by atoms with van der Waals surface area (Å²) in [6, 6.07) is 20.1. The zero-order valence-corrected chi connectivity index (χ0v) is 18.7. The van der Waals surface area contributed by atoms with E-state index in [1.54, 1.807) is 55.5 Å². The molecule has 3 aromatic rings. The van der Waals surface area contributed by atoms with E-state index in [0.717, 1.165) is 4.90 Å². The molecule has 0 spiro atoms. The topological polar surface area (TPSA) is 107 Å². The smallest absolute Gasteiger partial charge is 0.338 e. The zero-order chi connectivity index (χ0) is 24.5. The average molecular weight is 468 g/mol. The van der Waals surface area contributed by atoms with Crippen LogP contribution >= 0.6 is 0 Å². The van der Waals surface area contributed by atoms with E-state index in [1.165, 1.54) is 12.1 Å². The maximum Gasteiger partial charge on any atom is 0.338 e. The molecule has 1 heterocycles. The second-order valence-corrected chi connectivity index (χ2v) is 8.96. The van der Waals surface area contributed by atoms with Crippen molar-refractivity contribution in [2.75, 3.05) is 11.5 Å². The summed E-state index contributed by atoms with van der Waals surface area (Å²) < 4.78 is 5.05. The van der Waals surface area contributed by atoms with E-state index >= 15 is 0 Å². The lowest BCUT2D eigenvalue weighted by Crippen LogP contribution is -2.57. The first-order valence-electron chi connectivity index (χ1n) is 11.4. The van der Waals surface area contributed by atoms with Gasteiger partial charge in [-0.15, -0.1) is 0 Å². The van der Waals surface area contributed by atoms with Crippen LogP contribution in [0.5, 0.6) is 0 Å². The van der Waals surface area contributed by atoms with Crippen molar-refractivity contribution in [1.82, 2.24) is 0 Å². The van der Waals surface area contributed by atoms with Gasteiger partial charge in [-0.3, -0.25) is 19.7 Å². The van der Waals surface area contributed by atoms with Gasteiger partial charge in [0.15, 0.2) is 0 Å². The van der Waals surface area contributed by atoms with Crippen LogP contribution in [0.15, 0.2) is 72.8 Å². The molecule has 174 valence electrons. The first-order chi connectivity index (χ1) is 16.9. The number of hydrogen-bond donors (Lipinski definition) is 0. The maximum absolute atomic E-state index is 14.0. The van der Waals surface area contributed by atoms with Crippen molar-refractivity contribution in [1.29, 1.82) is 0 Å². The third-order valence-corrected chi connectivity index (χ3v) is 7.48. The number of ether oxygens (including phenoxy) is 1. The van der Waals surface area contributed by atoms with Crippen LogP contribution in [0, 0.1) is 22.0 Å². The number of rotatable bonds is 4. The quantitative estimate of drug-likeness (QED) is 0.250. The number of benzene rings is 3. The highest BCUT2D eigenvalue weighted by atomic mass is 16.6. The Kier molecular flexibility index (Phi) is 4.45. The zero-order valence-electron chi connectivity index (χ0n) is 18.7. The van der Waals surface area contributed by atoms with Crippen molar-refractivity contribution in [3.05, 3.63) is 111 Å². The predicted octanol–water partition coefficient (Wildman–Crippen LogP) is 3.65. The fraction of sp³-hybridized carbons (Fsp3) is 0.222. The van der Waals surface area contributed by atoms with Crippen molar-refractivity contribution < 1.29 is 24.0 Å². The predicted molar refractivity (Wildman–Crippen MR) is 124 cm³/mol. The van der Waals surface area contributed by atoms with Crippen molar-refractivity contribution in [3.63, 3.8) is 0 Å². The van der Waals surface area contributed by atoms with E-state index in [2.05, 4.69) is 0 Å². The lowest BCUT2D eigenvalue weighted by molar-refractivity contribution is -0.578. The molecule has 1 aliphatic heterocycles. The molecule has 3 aromatic carbocycles. The standard InChI is InChI=1S/C27H20N2O6/c1-2-35-26(32)15-8-7-9-16(14-15)28-24(30)22-21-17-10-3-5-12-19(17)27(29(33)34,23(22)25(28)31)20-13-6-4-11-18(20)21/h3-14,21-23H,2H2,1H3/t21?,22-,23+,27?/m0/s1. The number of hydrogen-bond acceptors (Lipinski definition) is 6. The van der Waals surface area contributed by atoms with Gasteiger partial charge in [-0.05, 0) is 36.2 Å². The molecule has 0 saturated carbocycles. The fourth-order valence-electron chi connectivity index (χ4n) is 6.28. The Morgan fingerprint density at radius 1 is 0.971 bits per heavy atom. The van der Waals surface area contributed by atoms with Gasteiger partial charge < -0.3 is 4.74 Å². The number of amides is 2. The Balaban J connectivity index is 1.57. The normalized spacial score (nSPS) is 25.6. The molecule has 1 fully saturated rings. The summed E-state index contributed by atoms with van der Waals surface area (Å²) in [7, 11) is 0. The third-order valence-electron chi connectivity index (χ3n) is 7.48. The Bertz CT molecular complexity index is 1400. The number of esters is 1. The van der Waals surface area contributed by atoms with Gasteiger partial charge in [0.1, 0.15) is 5.92 Å². The van der Waals surface area contributed by atoms with E-state index in [1.807, 2.05) is 12.1 Å². The number of carbonyl (C=O) groups excluding carboxylic acids is 3. The van der Waals surface area contributed by atoms with Crippen molar-refractivity contribution >= 4 is 23.5 Å². The molecule has 8 nitrogen and oxygen atoms in total. The second kappa shape index (κ2) is 7.33. The lowest BCUT2D eigenvalue weighted by atomic mass is 9.51. The number of nitro groups is 1. The van der Waals surface area contributed by atoms with Gasteiger partial charge in [-0.2, -0.15) is 0 Å². The van der Waals surface area contributed by atoms with Gasteiger partial charge in [0, 0.05) is 22.0 Å². The van der Waals surface area contributed by atoms with Crippen molar-refractivity contribution in [2.24, 2.45) is 11.8 Å². The number of nitrogens with zero attached hydrogens (tertiary/aromatic N) is 2. The van der Waals surface area contributed by atoms with Crippen LogP contribution in [0.1, 0.15) is 45.5 Å². The number of carbonyl (C=O) groups is 3. The maximum atomic E-state index is 14.0. The summed E-state index contributed by atoms with van der Waals surface area (Å²) in [4.78, 5) is 53.7. The molecule has 2 amide bonds. The van der Waals surface area contributed by atoms with E-state index < -0.39 is 46.0 Å². The minimum absolute atomic E-state index is 0.179. The largest absolute Gasteiger partial charge is 0.462 e. The Hall–Kier alpha value is -4.33. The van der Waals surface area contributed by atoms with Gasteiger partial charge in [0.05, 0.1) is 23.8 Å². The van der Waals surface area contributed by atoms with Crippen LogP contribution < -0.4 is 4.90 Å². The monoisotopic (exact) mass is 468 g/mol. The van der Waals surface area contributed by atoms with E-state index in [4.69, 9.17) is 4.74 Å². The first kappa shape index (κ1) is 21.2. The molecule has 1 saturated heterocycles. The van der Waals surface area contributed by atoms with Crippen LogP contribution in [0.3, 0.4) is 0 Å². The van der Waals surface area contributed by atoms with Gasteiger partial charge in [0.2, 0.25) is 11.8 Å². The van der Waals surface area contributed by atoms with Crippen LogP contribution in [0.4, 0.5) is 5.69 Å². The average Bonchev–Trinajstić information content (AvgIpc) is 3.14. The molecule has 4 aliphatic rings. The highest BCUT2D eigenvalue weighted by Crippen LogP contribution is 2.64. The van der Waals surface area contributed by atoms with Gasteiger partial charge in [-0.1, -0.05) is 54.6 Å². The number of imide groups is 1. The van der Waals surface area contributed by atoms with E-state index in [0.29, 0.717) is 22.3 Å². The molecule has 3 aliphatic carbocycles. The highest BCUT2D eigenvalue weighted by Gasteiger charge is 2.74. The summed E-state index contributed by atoms with van der Waals surface area (Å²) in [5.74, 6) is -4.32. The van der Waals surface area contributed by atoms with Gasteiger partial charge in [0.25, 0.3) is 5.54 Å². The Labute approximate surface area is 200 Å². The lowest BCUT2D eigenvalue weighted by Gasteiger charge is -2.48. The summed E-state index contributed by atoms with van der Waals surface area (Å²) in [6.07, 6.45) is 0. The molecule has 2 atom stereocenters. The van der Waals surface area contributed by atoms with E-state index in [9.17, 15) is 24.5 Å². The third kappa shape index (κ3) is 2.53. The molecule has 0 aromatic heterocycles. The van der Waals surface area contributed by atoms with Crippen molar-refractivity contribution in [2.45, 2.75) is 18.4 Å². The Morgan fingerprint density at radius 2 is 1.60 bits per heavy atom. The van der Waals surface area contributed by atoms with Crippen LogP contribution in [0.2, 0.25) is 0 Å². The molecule has 0 radical (unpaired) electrons. The summed E-state index contributed by atoms with van der Waals surface area (Å²) >= 11 is 0. The van der Waals surface area contributed by atoms with Crippen LogP contribution in [-0.4, -0.2) is 29.3 Å². The molecule has 8 heteroatoms. The molecular weight excluding hydrogens is 448 g/mol. The SMILES string of the molecule is CCOC(=O)c1cccc(N2C(=O)[C@H]3C4c5ccccc5C([N+](=O)[O-])(c5ccccc54)[C@H]3C2=O)c1. The molecule has 0 unspecified atom stereocenters. The molecule has 2 bridgehead atoms. The van der Waals surface area contributed by atoms with E-state index in [-0.39, 0.29) is 17.9 Å². The molecule has 35 heavy (non-hydrogen) atoms. The number of anilines is 1. The summed E-state index contributed by atoms with van der Waals surface area (Å²) in [5, 5.41) is 13.0. The van der Waals surface area contributed by atoms with Crippen LogP contribution in [0.25, 0.3) is 0 Å². The summed E-state index contributed by atoms with van der Waals surface area (Å²) in [6.45, 7) is 1.86. The van der Waals surface area contributed by atoms with Crippen molar-refractivity contribution in [3.8, 4) is 0 Å². The minimum atomic E-state index is -1.88. The van der Waals surface area contributed by atoms with Crippen LogP contribution in [-0.2, 0) is 19.9 Å². The Morgan fingerprint density at radius 3 is 2.20 bits per heavy atom.